The van der Waals surface area contributed by atoms with Gasteiger partial charge in [0, 0.05) is 17.7 Å². The van der Waals surface area contributed by atoms with Crippen LogP contribution < -0.4 is 15.0 Å². The lowest BCUT2D eigenvalue weighted by atomic mass is 9.99. The highest BCUT2D eigenvalue weighted by Crippen LogP contribution is 2.35. The fourth-order valence-electron chi connectivity index (χ4n) is 4.70. The lowest BCUT2D eigenvalue weighted by Gasteiger charge is -2.17. The molecule has 10 nitrogen and oxygen atoms in total. The van der Waals surface area contributed by atoms with Crippen LogP contribution in [0.3, 0.4) is 0 Å². The summed E-state index contributed by atoms with van der Waals surface area (Å²) in [5.74, 6) is 0.577. The molecule has 4 aromatic rings. The van der Waals surface area contributed by atoms with Gasteiger partial charge in [0.25, 0.3) is 5.56 Å². The average Bonchev–Trinajstić information content (AvgIpc) is 3.62. The molecule has 1 fully saturated rings. The first kappa shape index (κ1) is 26.2. The van der Waals surface area contributed by atoms with Crippen LogP contribution in [-0.4, -0.2) is 68.8 Å². The largest absolute Gasteiger partial charge is 0.493 e. The smallest absolute Gasteiger partial charge is 0.331 e. The van der Waals surface area contributed by atoms with E-state index < -0.39 is 5.97 Å². The molecular weight excluding hydrogens is 498 g/mol. The van der Waals surface area contributed by atoms with Crippen molar-refractivity contribution in [1.82, 2.24) is 24.8 Å². The van der Waals surface area contributed by atoms with Gasteiger partial charge in [0.15, 0.2) is 11.2 Å². The van der Waals surface area contributed by atoms with E-state index in [4.69, 9.17) is 9.47 Å². The zero-order valence-corrected chi connectivity index (χ0v) is 22.0. The fourth-order valence-corrected chi connectivity index (χ4v) is 4.70. The Morgan fingerprint density at radius 1 is 1.10 bits per heavy atom. The van der Waals surface area contributed by atoms with Crippen molar-refractivity contribution < 1.29 is 19.4 Å². The number of likely N-dealkylation sites (tertiary alicyclic amines) is 1. The number of hydrogen-bond donors (Lipinski definition) is 3. The Morgan fingerprint density at radius 2 is 1.87 bits per heavy atom. The van der Waals surface area contributed by atoms with Gasteiger partial charge in [-0.1, -0.05) is 12.1 Å². The molecule has 2 aromatic carbocycles. The molecule has 0 amide bonds. The third-order valence-electron chi connectivity index (χ3n) is 6.74. The number of imidazole rings is 1. The first-order chi connectivity index (χ1) is 18.9. The highest BCUT2D eigenvalue weighted by Gasteiger charge is 2.16. The van der Waals surface area contributed by atoms with Crippen LogP contribution in [0.4, 0.5) is 0 Å². The summed E-state index contributed by atoms with van der Waals surface area (Å²) in [6.07, 6.45) is 5.49. The van der Waals surface area contributed by atoms with Gasteiger partial charge >= 0.3 is 5.97 Å². The van der Waals surface area contributed by atoms with E-state index >= 15 is 0 Å². The summed E-state index contributed by atoms with van der Waals surface area (Å²) < 4.78 is 12.0. The van der Waals surface area contributed by atoms with E-state index in [9.17, 15) is 14.7 Å². The zero-order valence-electron chi connectivity index (χ0n) is 22.0. The van der Waals surface area contributed by atoms with Crippen molar-refractivity contribution in [3.05, 3.63) is 64.2 Å². The van der Waals surface area contributed by atoms with Crippen molar-refractivity contribution in [3.8, 4) is 34.0 Å². The van der Waals surface area contributed by atoms with Gasteiger partial charge in [-0.15, -0.1) is 0 Å². The van der Waals surface area contributed by atoms with Crippen LogP contribution in [0, 0.1) is 0 Å². The first-order valence-electron chi connectivity index (χ1n) is 13.0. The topological polar surface area (TPSA) is 133 Å². The van der Waals surface area contributed by atoms with E-state index in [1.807, 2.05) is 43.3 Å². The number of carbonyl (C=O) groups is 1. The SMILES string of the molecule is CCOc1cc(-c2ccc(OCCN3CCCC3)c(/C=C(\C)C(=O)O)c2)ccc1-c1nc2[nH]cnc2c(=O)[nH]1. The minimum absolute atomic E-state index is 0.214. The Bertz CT molecular complexity index is 1580. The maximum Gasteiger partial charge on any atom is 0.331 e. The molecule has 2 aromatic heterocycles. The Labute approximate surface area is 225 Å². The number of benzene rings is 2. The minimum Gasteiger partial charge on any atom is -0.493 e. The molecule has 202 valence electrons. The van der Waals surface area contributed by atoms with Crippen molar-refractivity contribution in [2.75, 3.05) is 32.8 Å². The summed E-state index contributed by atoms with van der Waals surface area (Å²) in [6.45, 7) is 7.41. The summed E-state index contributed by atoms with van der Waals surface area (Å²) in [7, 11) is 0. The number of carboxylic acid groups (broad SMARTS) is 1. The van der Waals surface area contributed by atoms with Crippen LogP contribution >= 0.6 is 0 Å². The summed E-state index contributed by atoms with van der Waals surface area (Å²) in [4.78, 5) is 40.6. The summed E-state index contributed by atoms with van der Waals surface area (Å²) in [5, 5.41) is 9.48. The lowest BCUT2D eigenvalue weighted by molar-refractivity contribution is -0.132. The molecular formula is C29H31N5O5. The van der Waals surface area contributed by atoms with Crippen LogP contribution in [0.2, 0.25) is 0 Å². The van der Waals surface area contributed by atoms with Gasteiger partial charge in [0.2, 0.25) is 0 Å². The van der Waals surface area contributed by atoms with E-state index in [2.05, 4.69) is 24.8 Å². The summed E-state index contributed by atoms with van der Waals surface area (Å²) in [6, 6.07) is 11.4. The van der Waals surface area contributed by atoms with E-state index in [-0.39, 0.29) is 16.6 Å². The predicted molar refractivity (Wildman–Crippen MR) is 149 cm³/mol. The maximum atomic E-state index is 12.5. The number of aromatic amines is 2. The number of hydrogen-bond acceptors (Lipinski definition) is 7. The van der Waals surface area contributed by atoms with Crippen molar-refractivity contribution in [2.45, 2.75) is 26.7 Å². The second-order valence-corrected chi connectivity index (χ2v) is 9.44. The molecule has 1 aliphatic rings. The van der Waals surface area contributed by atoms with E-state index in [0.717, 1.165) is 30.8 Å². The molecule has 3 N–H and O–H groups in total. The minimum atomic E-state index is -0.984. The van der Waals surface area contributed by atoms with Gasteiger partial charge < -0.3 is 24.5 Å². The van der Waals surface area contributed by atoms with Crippen LogP contribution in [0.1, 0.15) is 32.3 Å². The number of ether oxygens (including phenoxy) is 2. The summed E-state index contributed by atoms with van der Waals surface area (Å²) in [5.41, 5.74) is 3.56. The molecule has 0 aliphatic carbocycles. The van der Waals surface area contributed by atoms with Crippen LogP contribution in [0.15, 0.2) is 53.1 Å². The number of fused-ring (bicyclic) bond motifs is 1. The molecule has 39 heavy (non-hydrogen) atoms. The second kappa shape index (κ2) is 11.5. The second-order valence-electron chi connectivity index (χ2n) is 9.44. The zero-order chi connectivity index (χ0) is 27.4. The van der Waals surface area contributed by atoms with Crippen molar-refractivity contribution in [3.63, 3.8) is 0 Å². The van der Waals surface area contributed by atoms with Crippen LogP contribution in [0.25, 0.3) is 39.8 Å². The molecule has 0 saturated carbocycles. The third kappa shape index (κ3) is 5.85. The molecule has 0 spiro atoms. The highest BCUT2D eigenvalue weighted by atomic mass is 16.5. The number of carboxylic acids is 1. The van der Waals surface area contributed by atoms with Gasteiger partial charge in [-0.25, -0.2) is 14.8 Å². The summed E-state index contributed by atoms with van der Waals surface area (Å²) >= 11 is 0. The van der Waals surface area contributed by atoms with Crippen LogP contribution in [0.5, 0.6) is 11.5 Å². The molecule has 1 aliphatic heterocycles. The number of aromatic nitrogens is 4. The van der Waals surface area contributed by atoms with Gasteiger partial charge in [-0.05, 0) is 81.2 Å². The monoisotopic (exact) mass is 529 g/mol. The molecule has 0 bridgehead atoms. The van der Waals surface area contributed by atoms with Crippen LogP contribution in [-0.2, 0) is 4.79 Å². The predicted octanol–water partition coefficient (Wildman–Crippen LogP) is 4.34. The molecule has 0 radical (unpaired) electrons. The lowest BCUT2D eigenvalue weighted by Crippen LogP contribution is -2.25. The average molecular weight is 530 g/mol. The Balaban J connectivity index is 1.49. The number of H-pyrrole nitrogens is 2. The fraction of sp³-hybridized carbons (Fsp3) is 0.310. The Morgan fingerprint density at radius 3 is 2.64 bits per heavy atom. The molecule has 1 saturated heterocycles. The standard InChI is InChI=1S/C29H31N5O5/c1-3-38-24-16-20(6-8-22(24)26-32-27-25(28(35)33-26)30-17-31-27)19-7-9-23(21(15-19)14-18(2)29(36)37)39-13-12-34-10-4-5-11-34/h6-9,14-17H,3-5,10-13H2,1-2H3,(H,36,37)(H2,30,31,32,33,35)/b18-14+. The highest BCUT2D eigenvalue weighted by molar-refractivity contribution is 5.92. The van der Waals surface area contributed by atoms with E-state index in [1.54, 1.807) is 13.0 Å². The van der Waals surface area contributed by atoms with Gasteiger partial charge in [0.05, 0.1) is 18.5 Å². The first-order valence-corrected chi connectivity index (χ1v) is 13.0. The maximum absolute atomic E-state index is 12.5. The van der Waals surface area contributed by atoms with Crippen molar-refractivity contribution in [2.24, 2.45) is 0 Å². The molecule has 5 rings (SSSR count). The number of rotatable bonds is 10. The molecule has 3 heterocycles. The number of nitrogens with zero attached hydrogens (tertiary/aromatic N) is 3. The normalized spacial score (nSPS) is 14.2. The third-order valence-corrected chi connectivity index (χ3v) is 6.74. The Kier molecular flexibility index (Phi) is 7.74. The number of aliphatic carboxylic acids is 1. The van der Waals surface area contributed by atoms with E-state index in [1.165, 1.54) is 19.2 Å². The number of nitrogens with one attached hydrogen (secondary N) is 2. The Hall–Kier alpha value is -4.44. The molecule has 10 heteroatoms. The van der Waals surface area contributed by atoms with Crippen molar-refractivity contribution in [1.29, 1.82) is 0 Å². The van der Waals surface area contributed by atoms with Gasteiger partial charge in [-0.2, -0.15) is 0 Å². The van der Waals surface area contributed by atoms with Gasteiger partial charge in [0.1, 0.15) is 23.9 Å². The molecule has 0 atom stereocenters. The van der Waals surface area contributed by atoms with Crippen molar-refractivity contribution >= 4 is 23.2 Å². The molecule has 0 unspecified atom stereocenters. The quantitative estimate of drug-likeness (QED) is 0.258. The van der Waals surface area contributed by atoms with E-state index in [0.29, 0.717) is 47.3 Å². The van der Waals surface area contributed by atoms with Gasteiger partial charge in [-0.3, -0.25) is 9.69 Å².